The van der Waals surface area contributed by atoms with Gasteiger partial charge >= 0.3 is 5.69 Å². The lowest BCUT2D eigenvalue weighted by Gasteiger charge is -2.08. The van der Waals surface area contributed by atoms with E-state index in [-0.39, 0.29) is 11.7 Å². The van der Waals surface area contributed by atoms with Gasteiger partial charge in [0.2, 0.25) is 0 Å². The molecule has 1 atom stereocenters. The van der Waals surface area contributed by atoms with Crippen LogP contribution in [0.2, 0.25) is 0 Å². The zero-order chi connectivity index (χ0) is 8.27. The van der Waals surface area contributed by atoms with Crippen molar-refractivity contribution in [2.75, 3.05) is 6.54 Å². The van der Waals surface area contributed by atoms with Crippen molar-refractivity contribution < 1.29 is 0 Å². The van der Waals surface area contributed by atoms with Gasteiger partial charge in [-0.15, -0.1) is 0 Å². The SMILES string of the molecule is CC(CCN)n1cn[nH]c1=O. The number of aromatic amines is 1. The van der Waals surface area contributed by atoms with Gasteiger partial charge in [0.05, 0.1) is 0 Å². The van der Waals surface area contributed by atoms with Gasteiger partial charge in [-0.05, 0) is 19.9 Å². The molecule has 0 spiro atoms. The van der Waals surface area contributed by atoms with E-state index in [4.69, 9.17) is 5.73 Å². The molecule has 0 aliphatic heterocycles. The molecule has 0 aliphatic carbocycles. The molecule has 0 fully saturated rings. The van der Waals surface area contributed by atoms with E-state index < -0.39 is 0 Å². The Morgan fingerprint density at radius 3 is 3.09 bits per heavy atom. The van der Waals surface area contributed by atoms with Crippen LogP contribution in [0.4, 0.5) is 0 Å². The number of rotatable bonds is 3. The Balaban J connectivity index is 2.75. The van der Waals surface area contributed by atoms with Gasteiger partial charge in [0.1, 0.15) is 6.33 Å². The van der Waals surface area contributed by atoms with Crippen LogP contribution in [0.25, 0.3) is 0 Å². The Labute approximate surface area is 64.2 Å². The van der Waals surface area contributed by atoms with Crippen molar-refractivity contribution in [3.63, 3.8) is 0 Å². The lowest BCUT2D eigenvalue weighted by atomic mass is 10.2. The molecular formula is C6H12N4O. The molecule has 0 amide bonds. The topological polar surface area (TPSA) is 76.7 Å². The molecule has 1 heterocycles. The van der Waals surface area contributed by atoms with Crippen molar-refractivity contribution in [3.8, 4) is 0 Å². The van der Waals surface area contributed by atoms with E-state index in [2.05, 4.69) is 10.2 Å². The van der Waals surface area contributed by atoms with E-state index >= 15 is 0 Å². The fourth-order valence-corrected chi connectivity index (χ4v) is 0.951. The molecule has 5 heteroatoms. The largest absolute Gasteiger partial charge is 0.343 e. The van der Waals surface area contributed by atoms with E-state index in [1.165, 1.54) is 10.9 Å². The van der Waals surface area contributed by atoms with E-state index in [0.717, 1.165) is 6.42 Å². The molecule has 5 nitrogen and oxygen atoms in total. The molecular weight excluding hydrogens is 144 g/mol. The second kappa shape index (κ2) is 3.34. The summed E-state index contributed by atoms with van der Waals surface area (Å²) in [6, 6.07) is 0.131. The van der Waals surface area contributed by atoms with Crippen molar-refractivity contribution in [2.24, 2.45) is 5.73 Å². The minimum Gasteiger partial charge on any atom is -0.330 e. The van der Waals surface area contributed by atoms with Gasteiger partial charge in [-0.2, -0.15) is 5.10 Å². The predicted molar refractivity (Wildman–Crippen MR) is 41.2 cm³/mol. The Bertz CT molecular complexity index is 264. The maximum Gasteiger partial charge on any atom is 0.343 e. The molecule has 62 valence electrons. The van der Waals surface area contributed by atoms with Crippen molar-refractivity contribution in [3.05, 3.63) is 16.8 Å². The van der Waals surface area contributed by atoms with E-state index in [1.807, 2.05) is 6.92 Å². The van der Waals surface area contributed by atoms with Crippen molar-refractivity contribution in [1.29, 1.82) is 0 Å². The summed E-state index contributed by atoms with van der Waals surface area (Å²) < 4.78 is 1.53. The molecule has 1 aromatic rings. The summed E-state index contributed by atoms with van der Waals surface area (Å²) in [5.41, 5.74) is 5.16. The maximum atomic E-state index is 10.9. The zero-order valence-corrected chi connectivity index (χ0v) is 6.45. The minimum absolute atomic E-state index is 0.131. The number of nitrogens with two attached hydrogens (primary N) is 1. The average molecular weight is 156 g/mol. The standard InChI is InChI=1S/C6H12N4O/c1-5(2-3-7)10-4-8-9-6(10)11/h4-5H,2-3,7H2,1H3,(H,9,11). The summed E-state index contributed by atoms with van der Waals surface area (Å²) in [6.07, 6.45) is 2.28. The first-order valence-corrected chi connectivity index (χ1v) is 3.57. The molecule has 0 aliphatic rings. The molecule has 0 radical (unpaired) electrons. The van der Waals surface area contributed by atoms with Gasteiger partial charge in [0, 0.05) is 6.04 Å². The quantitative estimate of drug-likeness (QED) is 0.618. The van der Waals surface area contributed by atoms with Crippen molar-refractivity contribution in [1.82, 2.24) is 14.8 Å². The third kappa shape index (κ3) is 1.68. The van der Waals surface area contributed by atoms with Crippen LogP contribution in [0, 0.1) is 0 Å². The van der Waals surface area contributed by atoms with Gasteiger partial charge in [-0.1, -0.05) is 0 Å². The molecule has 11 heavy (non-hydrogen) atoms. The first-order valence-electron chi connectivity index (χ1n) is 3.57. The summed E-state index contributed by atoms with van der Waals surface area (Å²) in [7, 11) is 0. The average Bonchev–Trinajstić information content (AvgIpc) is 2.36. The fraction of sp³-hybridized carbons (Fsp3) is 0.667. The summed E-state index contributed by atoms with van der Waals surface area (Å²) >= 11 is 0. The Morgan fingerprint density at radius 2 is 2.64 bits per heavy atom. The van der Waals surface area contributed by atoms with Crippen LogP contribution in [-0.4, -0.2) is 21.3 Å². The van der Waals surface area contributed by atoms with Crippen LogP contribution in [-0.2, 0) is 0 Å². The van der Waals surface area contributed by atoms with E-state index in [1.54, 1.807) is 0 Å². The van der Waals surface area contributed by atoms with E-state index in [9.17, 15) is 4.79 Å². The maximum absolute atomic E-state index is 10.9. The van der Waals surface area contributed by atoms with Crippen molar-refractivity contribution in [2.45, 2.75) is 19.4 Å². The van der Waals surface area contributed by atoms with Gasteiger partial charge in [-0.3, -0.25) is 4.57 Å². The van der Waals surface area contributed by atoms with Crippen LogP contribution >= 0.6 is 0 Å². The number of hydrogen-bond donors (Lipinski definition) is 2. The molecule has 3 N–H and O–H groups in total. The minimum atomic E-state index is -0.175. The summed E-state index contributed by atoms with van der Waals surface area (Å²) in [5.74, 6) is 0. The lowest BCUT2D eigenvalue weighted by molar-refractivity contribution is 0.499. The van der Waals surface area contributed by atoms with Crippen molar-refractivity contribution >= 4 is 0 Å². The smallest absolute Gasteiger partial charge is 0.330 e. The first-order chi connectivity index (χ1) is 5.25. The lowest BCUT2D eigenvalue weighted by Crippen LogP contribution is -2.21. The molecule has 1 rings (SSSR count). The van der Waals surface area contributed by atoms with Crippen LogP contribution in [0.1, 0.15) is 19.4 Å². The second-order valence-electron chi connectivity index (χ2n) is 2.50. The highest BCUT2D eigenvalue weighted by atomic mass is 16.1. The molecule has 0 aromatic carbocycles. The number of H-pyrrole nitrogens is 1. The third-order valence-electron chi connectivity index (χ3n) is 1.64. The monoisotopic (exact) mass is 156 g/mol. The highest BCUT2D eigenvalue weighted by Gasteiger charge is 2.05. The van der Waals surface area contributed by atoms with Gasteiger partial charge in [-0.25, -0.2) is 9.89 Å². The van der Waals surface area contributed by atoms with Crippen LogP contribution in [0.3, 0.4) is 0 Å². The Kier molecular flexibility index (Phi) is 2.43. The number of hydrogen-bond acceptors (Lipinski definition) is 3. The summed E-state index contributed by atoms with van der Waals surface area (Å²) in [5, 5.41) is 5.93. The van der Waals surface area contributed by atoms with Gasteiger partial charge < -0.3 is 5.73 Å². The van der Waals surface area contributed by atoms with Crippen LogP contribution < -0.4 is 11.4 Å². The molecule has 0 bridgehead atoms. The molecule has 0 saturated heterocycles. The number of nitrogens with one attached hydrogen (secondary N) is 1. The normalized spacial score (nSPS) is 13.3. The Morgan fingerprint density at radius 1 is 1.91 bits per heavy atom. The van der Waals surface area contributed by atoms with E-state index in [0.29, 0.717) is 6.54 Å². The Hall–Kier alpha value is -1.10. The predicted octanol–water partition coefficient (Wildman–Crippen LogP) is -0.519. The first kappa shape index (κ1) is 8.00. The number of nitrogens with zero attached hydrogens (tertiary/aromatic N) is 2. The number of aromatic nitrogens is 3. The summed E-state index contributed by atoms with van der Waals surface area (Å²) in [6.45, 7) is 2.52. The molecule has 1 unspecified atom stereocenters. The fourth-order valence-electron chi connectivity index (χ4n) is 0.951. The van der Waals surface area contributed by atoms with Crippen LogP contribution in [0.15, 0.2) is 11.1 Å². The zero-order valence-electron chi connectivity index (χ0n) is 6.45. The molecule has 1 aromatic heterocycles. The summed E-state index contributed by atoms with van der Waals surface area (Å²) in [4.78, 5) is 10.9. The van der Waals surface area contributed by atoms with Gasteiger partial charge in [0.25, 0.3) is 0 Å². The highest BCUT2D eigenvalue weighted by Crippen LogP contribution is 2.03. The van der Waals surface area contributed by atoms with Crippen LogP contribution in [0.5, 0.6) is 0 Å². The highest BCUT2D eigenvalue weighted by molar-refractivity contribution is 4.70. The molecule has 0 saturated carbocycles. The third-order valence-corrected chi connectivity index (χ3v) is 1.64. The van der Waals surface area contributed by atoms with Gasteiger partial charge in [0.15, 0.2) is 0 Å². The second-order valence-corrected chi connectivity index (χ2v) is 2.50.